The smallest absolute Gasteiger partial charge is 0.240 e. The second-order valence-corrected chi connectivity index (χ2v) is 5.77. The Bertz CT molecular complexity index is 632. The molecule has 23 heavy (non-hydrogen) atoms. The van der Waals surface area contributed by atoms with Crippen molar-refractivity contribution in [1.29, 1.82) is 0 Å². The minimum absolute atomic E-state index is 0.104. The quantitative estimate of drug-likeness (QED) is 0.934. The Morgan fingerprint density at radius 1 is 1.30 bits per heavy atom. The molecular formula is C18H22N4O. The molecule has 0 saturated carbocycles. The Kier molecular flexibility index (Phi) is 5.00. The van der Waals surface area contributed by atoms with Gasteiger partial charge in [0.15, 0.2) is 0 Å². The van der Waals surface area contributed by atoms with E-state index in [1.165, 1.54) is 0 Å². The molecule has 1 N–H and O–H groups in total. The number of anilines is 1. The first kappa shape index (κ1) is 15.6. The number of para-hydroxylation sites is 1. The van der Waals surface area contributed by atoms with E-state index in [2.05, 4.69) is 21.3 Å². The number of rotatable bonds is 4. The average Bonchev–Trinajstić information content (AvgIpc) is 2.63. The SMILES string of the molecule is CN(C(=O)CN1CCNCC1c1cccnc1)c1ccccc1. The van der Waals surface area contributed by atoms with Gasteiger partial charge in [-0.1, -0.05) is 24.3 Å². The summed E-state index contributed by atoms with van der Waals surface area (Å²) in [4.78, 5) is 20.8. The molecule has 1 aliphatic rings. The van der Waals surface area contributed by atoms with Crippen LogP contribution >= 0.6 is 0 Å². The standard InChI is InChI=1S/C18H22N4O/c1-21(16-7-3-2-4-8-16)18(23)14-22-11-10-20-13-17(22)15-6-5-9-19-12-15/h2-9,12,17,20H,10-11,13-14H2,1H3. The normalized spacial score (nSPS) is 18.6. The fraction of sp³-hybridized carbons (Fsp3) is 0.333. The first-order valence-corrected chi connectivity index (χ1v) is 7.92. The van der Waals surface area contributed by atoms with E-state index >= 15 is 0 Å². The molecule has 120 valence electrons. The van der Waals surface area contributed by atoms with Crippen LogP contribution < -0.4 is 10.2 Å². The van der Waals surface area contributed by atoms with E-state index in [0.717, 1.165) is 30.9 Å². The predicted octanol–water partition coefficient (Wildman–Crippen LogP) is 1.69. The van der Waals surface area contributed by atoms with E-state index in [9.17, 15) is 4.79 Å². The van der Waals surface area contributed by atoms with Gasteiger partial charge in [-0.25, -0.2) is 0 Å². The highest BCUT2D eigenvalue weighted by Gasteiger charge is 2.26. The topological polar surface area (TPSA) is 48.5 Å². The van der Waals surface area contributed by atoms with Crippen LogP contribution in [0.5, 0.6) is 0 Å². The van der Waals surface area contributed by atoms with Crippen molar-refractivity contribution in [2.75, 3.05) is 38.1 Å². The summed E-state index contributed by atoms with van der Waals surface area (Å²) in [7, 11) is 1.83. The molecule has 2 heterocycles. The molecule has 0 spiro atoms. The van der Waals surface area contributed by atoms with E-state index < -0.39 is 0 Å². The van der Waals surface area contributed by atoms with Crippen LogP contribution in [0.2, 0.25) is 0 Å². The third kappa shape index (κ3) is 3.75. The van der Waals surface area contributed by atoms with Gasteiger partial charge in [0.1, 0.15) is 0 Å². The molecule has 1 fully saturated rings. The van der Waals surface area contributed by atoms with Gasteiger partial charge in [0.05, 0.1) is 6.54 Å². The molecule has 0 bridgehead atoms. The molecule has 0 radical (unpaired) electrons. The number of aromatic nitrogens is 1. The third-order valence-electron chi connectivity index (χ3n) is 4.28. The zero-order chi connectivity index (χ0) is 16.1. The number of piperazine rings is 1. The predicted molar refractivity (Wildman–Crippen MR) is 91.3 cm³/mol. The Morgan fingerprint density at radius 3 is 2.87 bits per heavy atom. The lowest BCUT2D eigenvalue weighted by atomic mass is 10.1. The van der Waals surface area contributed by atoms with Gasteiger partial charge >= 0.3 is 0 Å². The van der Waals surface area contributed by atoms with Crippen molar-refractivity contribution in [3.63, 3.8) is 0 Å². The van der Waals surface area contributed by atoms with Crippen LogP contribution in [-0.2, 0) is 4.79 Å². The lowest BCUT2D eigenvalue weighted by Gasteiger charge is -2.36. The third-order valence-corrected chi connectivity index (χ3v) is 4.28. The molecule has 1 aromatic carbocycles. The molecule has 3 rings (SSSR count). The number of benzene rings is 1. The first-order valence-electron chi connectivity index (χ1n) is 7.92. The molecule has 0 aliphatic carbocycles. The Labute approximate surface area is 136 Å². The Balaban J connectivity index is 1.71. The van der Waals surface area contributed by atoms with Crippen LogP contribution in [0, 0.1) is 0 Å². The van der Waals surface area contributed by atoms with Crippen molar-refractivity contribution in [3.05, 3.63) is 60.4 Å². The van der Waals surface area contributed by atoms with Gasteiger partial charge in [-0.3, -0.25) is 14.7 Å². The van der Waals surface area contributed by atoms with Crippen LogP contribution in [0.3, 0.4) is 0 Å². The fourth-order valence-corrected chi connectivity index (χ4v) is 2.91. The number of carbonyl (C=O) groups excluding carboxylic acids is 1. The number of nitrogens with zero attached hydrogens (tertiary/aromatic N) is 3. The zero-order valence-corrected chi connectivity index (χ0v) is 13.4. The molecule has 2 aromatic rings. The minimum atomic E-state index is 0.104. The van der Waals surface area contributed by atoms with E-state index in [0.29, 0.717) is 6.54 Å². The second-order valence-electron chi connectivity index (χ2n) is 5.77. The monoisotopic (exact) mass is 310 g/mol. The maximum Gasteiger partial charge on any atom is 0.240 e. The number of amides is 1. The van der Waals surface area contributed by atoms with Gasteiger partial charge < -0.3 is 10.2 Å². The van der Waals surface area contributed by atoms with Gasteiger partial charge in [-0.15, -0.1) is 0 Å². The molecule has 1 saturated heterocycles. The highest BCUT2D eigenvalue weighted by Crippen LogP contribution is 2.21. The fourth-order valence-electron chi connectivity index (χ4n) is 2.91. The van der Waals surface area contributed by atoms with Gasteiger partial charge in [-0.2, -0.15) is 0 Å². The summed E-state index contributed by atoms with van der Waals surface area (Å²) < 4.78 is 0. The van der Waals surface area contributed by atoms with E-state index in [1.807, 2.05) is 49.6 Å². The van der Waals surface area contributed by atoms with Crippen molar-refractivity contribution in [3.8, 4) is 0 Å². The van der Waals surface area contributed by atoms with Gasteiger partial charge in [0.2, 0.25) is 5.91 Å². The number of hydrogen-bond acceptors (Lipinski definition) is 4. The van der Waals surface area contributed by atoms with Gasteiger partial charge in [0.25, 0.3) is 0 Å². The van der Waals surface area contributed by atoms with Gasteiger partial charge in [0, 0.05) is 50.8 Å². The largest absolute Gasteiger partial charge is 0.314 e. The summed E-state index contributed by atoms with van der Waals surface area (Å²) in [5.74, 6) is 0.104. The molecular weight excluding hydrogens is 288 g/mol. The van der Waals surface area contributed by atoms with Crippen molar-refractivity contribution in [2.45, 2.75) is 6.04 Å². The molecule has 5 nitrogen and oxygen atoms in total. The molecule has 1 aromatic heterocycles. The number of likely N-dealkylation sites (N-methyl/N-ethyl adjacent to an activating group) is 1. The van der Waals surface area contributed by atoms with Crippen molar-refractivity contribution < 1.29 is 4.79 Å². The van der Waals surface area contributed by atoms with Crippen LogP contribution in [0.15, 0.2) is 54.9 Å². The van der Waals surface area contributed by atoms with Crippen molar-refractivity contribution in [2.24, 2.45) is 0 Å². The Morgan fingerprint density at radius 2 is 2.13 bits per heavy atom. The maximum absolute atomic E-state index is 12.6. The zero-order valence-electron chi connectivity index (χ0n) is 13.4. The highest BCUT2D eigenvalue weighted by atomic mass is 16.2. The summed E-state index contributed by atoms with van der Waals surface area (Å²) in [5, 5.41) is 3.40. The lowest BCUT2D eigenvalue weighted by Crippen LogP contribution is -2.49. The van der Waals surface area contributed by atoms with E-state index in [1.54, 1.807) is 11.1 Å². The summed E-state index contributed by atoms with van der Waals surface area (Å²) in [6, 6.07) is 14.0. The Hall–Kier alpha value is -2.24. The van der Waals surface area contributed by atoms with Crippen LogP contribution in [-0.4, -0.2) is 49.0 Å². The summed E-state index contributed by atoms with van der Waals surface area (Å²) in [5.41, 5.74) is 2.07. The number of carbonyl (C=O) groups is 1. The van der Waals surface area contributed by atoms with Crippen LogP contribution in [0.25, 0.3) is 0 Å². The van der Waals surface area contributed by atoms with E-state index in [4.69, 9.17) is 0 Å². The number of hydrogen-bond donors (Lipinski definition) is 1. The number of nitrogens with one attached hydrogen (secondary N) is 1. The molecule has 5 heteroatoms. The highest BCUT2D eigenvalue weighted by molar-refractivity contribution is 5.94. The maximum atomic E-state index is 12.6. The minimum Gasteiger partial charge on any atom is -0.314 e. The van der Waals surface area contributed by atoms with Crippen molar-refractivity contribution in [1.82, 2.24) is 15.2 Å². The van der Waals surface area contributed by atoms with E-state index in [-0.39, 0.29) is 11.9 Å². The molecule has 1 aliphatic heterocycles. The molecule has 1 amide bonds. The summed E-state index contributed by atoms with van der Waals surface area (Å²) in [6.45, 7) is 3.01. The average molecular weight is 310 g/mol. The summed E-state index contributed by atoms with van der Waals surface area (Å²) in [6.07, 6.45) is 3.66. The molecule has 1 unspecified atom stereocenters. The first-order chi connectivity index (χ1) is 11.3. The molecule has 1 atom stereocenters. The second kappa shape index (κ2) is 7.35. The van der Waals surface area contributed by atoms with Crippen LogP contribution in [0.4, 0.5) is 5.69 Å². The lowest BCUT2D eigenvalue weighted by molar-refractivity contribution is -0.120. The number of pyridine rings is 1. The van der Waals surface area contributed by atoms with Gasteiger partial charge in [-0.05, 0) is 23.8 Å². The summed E-state index contributed by atoms with van der Waals surface area (Å²) >= 11 is 0. The van der Waals surface area contributed by atoms with Crippen molar-refractivity contribution >= 4 is 11.6 Å². The van der Waals surface area contributed by atoms with Crippen LogP contribution in [0.1, 0.15) is 11.6 Å².